The van der Waals surface area contributed by atoms with Crippen LogP contribution in [0.25, 0.3) is 0 Å². The van der Waals surface area contributed by atoms with Crippen molar-refractivity contribution in [2.45, 2.75) is 97.1 Å². The van der Waals surface area contributed by atoms with Gasteiger partial charge in [-0.15, -0.1) is 0 Å². The topological polar surface area (TPSA) is 38.8 Å². The zero-order valence-electron chi connectivity index (χ0n) is 23.7. The zero-order chi connectivity index (χ0) is 27.1. The van der Waals surface area contributed by atoms with Crippen molar-refractivity contribution in [1.29, 1.82) is 0 Å². The SMILES string of the molecule is CC(C)N(C(=O)O[C@@H]1/C=C\C[C@@H](O[Si](c2ccccc2)(c2ccccc2)C(C)(C)C)C/C=C\C1)C(C)C. The molecular weight excluding hydrogens is 474 g/mol. The average molecular weight is 520 g/mol. The van der Waals surface area contributed by atoms with Crippen molar-refractivity contribution in [3.05, 3.63) is 85.0 Å². The first kappa shape index (κ1) is 28.9. The van der Waals surface area contributed by atoms with Gasteiger partial charge in [0.1, 0.15) is 6.10 Å². The molecule has 2 aromatic carbocycles. The summed E-state index contributed by atoms with van der Waals surface area (Å²) < 4.78 is 13.3. The third kappa shape index (κ3) is 7.02. The fraction of sp³-hybridized carbons (Fsp3) is 0.469. The molecule has 0 N–H and O–H groups in total. The van der Waals surface area contributed by atoms with Crippen LogP contribution in [-0.4, -0.2) is 43.6 Å². The first-order chi connectivity index (χ1) is 17.6. The van der Waals surface area contributed by atoms with Crippen LogP contribution in [0.5, 0.6) is 0 Å². The Morgan fingerprint density at radius 3 is 1.78 bits per heavy atom. The molecule has 0 aliphatic heterocycles. The Hall–Kier alpha value is -2.63. The highest BCUT2D eigenvalue weighted by atomic mass is 28.4. The van der Waals surface area contributed by atoms with Crippen molar-refractivity contribution < 1.29 is 14.0 Å². The molecule has 0 bridgehead atoms. The minimum Gasteiger partial charge on any atom is -0.442 e. The lowest BCUT2D eigenvalue weighted by molar-refractivity contribution is 0.0610. The molecular formula is C32H45NO3Si. The van der Waals surface area contributed by atoms with Crippen molar-refractivity contribution in [2.24, 2.45) is 0 Å². The van der Waals surface area contributed by atoms with Gasteiger partial charge in [-0.2, -0.15) is 0 Å². The summed E-state index contributed by atoms with van der Waals surface area (Å²) in [6.07, 6.45) is 10.2. The molecule has 0 heterocycles. The largest absolute Gasteiger partial charge is 0.442 e. The van der Waals surface area contributed by atoms with E-state index in [0.29, 0.717) is 6.42 Å². The second-order valence-electron chi connectivity index (χ2n) is 11.5. The van der Waals surface area contributed by atoms with E-state index in [9.17, 15) is 4.79 Å². The van der Waals surface area contributed by atoms with Gasteiger partial charge >= 0.3 is 6.09 Å². The highest BCUT2D eigenvalue weighted by Crippen LogP contribution is 2.38. The highest BCUT2D eigenvalue weighted by Gasteiger charge is 2.51. The third-order valence-corrected chi connectivity index (χ3v) is 12.1. The summed E-state index contributed by atoms with van der Waals surface area (Å²) in [5.41, 5.74) is 0. The molecule has 5 heteroatoms. The van der Waals surface area contributed by atoms with Crippen molar-refractivity contribution in [3.63, 3.8) is 0 Å². The van der Waals surface area contributed by atoms with Crippen LogP contribution in [0, 0.1) is 0 Å². The molecule has 1 aliphatic rings. The predicted octanol–water partition coefficient (Wildman–Crippen LogP) is 6.85. The van der Waals surface area contributed by atoms with Gasteiger partial charge in [0.15, 0.2) is 0 Å². The van der Waals surface area contributed by atoms with Gasteiger partial charge in [0.05, 0.1) is 6.10 Å². The van der Waals surface area contributed by atoms with Crippen LogP contribution in [-0.2, 0) is 9.16 Å². The Morgan fingerprint density at radius 1 is 0.811 bits per heavy atom. The van der Waals surface area contributed by atoms with Crippen LogP contribution >= 0.6 is 0 Å². The van der Waals surface area contributed by atoms with Crippen LogP contribution in [0.2, 0.25) is 5.04 Å². The lowest BCUT2D eigenvalue weighted by Gasteiger charge is -2.45. The molecule has 37 heavy (non-hydrogen) atoms. The maximum atomic E-state index is 12.9. The molecule has 2 atom stereocenters. The quantitative estimate of drug-likeness (QED) is 0.297. The van der Waals surface area contributed by atoms with Crippen molar-refractivity contribution in [1.82, 2.24) is 4.90 Å². The van der Waals surface area contributed by atoms with E-state index in [1.54, 1.807) is 4.90 Å². The molecule has 2 aromatic rings. The molecule has 0 radical (unpaired) electrons. The minimum atomic E-state index is -2.64. The summed E-state index contributed by atoms with van der Waals surface area (Å²) in [6.45, 7) is 15.0. The molecule has 1 aliphatic carbocycles. The number of hydrogen-bond donors (Lipinski definition) is 0. The van der Waals surface area contributed by atoms with E-state index in [4.69, 9.17) is 9.16 Å². The number of nitrogens with zero attached hydrogens (tertiary/aromatic N) is 1. The van der Waals surface area contributed by atoms with E-state index in [-0.39, 0.29) is 35.4 Å². The molecule has 0 fully saturated rings. The summed E-state index contributed by atoms with van der Waals surface area (Å²) in [5, 5.41) is 2.50. The van der Waals surface area contributed by atoms with E-state index < -0.39 is 8.32 Å². The van der Waals surface area contributed by atoms with Gasteiger partial charge in [-0.25, -0.2) is 4.79 Å². The summed E-state index contributed by atoms with van der Waals surface area (Å²) in [4.78, 5) is 14.7. The van der Waals surface area contributed by atoms with Crippen LogP contribution in [0.4, 0.5) is 4.79 Å². The summed E-state index contributed by atoms with van der Waals surface area (Å²) in [6, 6.07) is 21.7. The van der Waals surface area contributed by atoms with Crippen LogP contribution in [0.1, 0.15) is 67.7 Å². The monoisotopic (exact) mass is 519 g/mol. The summed E-state index contributed by atoms with van der Waals surface area (Å²) >= 11 is 0. The first-order valence-electron chi connectivity index (χ1n) is 13.7. The number of hydrogen-bond acceptors (Lipinski definition) is 3. The smallest absolute Gasteiger partial charge is 0.410 e. The predicted molar refractivity (Wildman–Crippen MR) is 157 cm³/mol. The Morgan fingerprint density at radius 2 is 1.30 bits per heavy atom. The van der Waals surface area contributed by atoms with Gasteiger partial charge in [-0.3, -0.25) is 0 Å². The normalized spacial score (nSPS) is 20.6. The van der Waals surface area contributed by atoms with E-state index in [0.717, 1.165) is 12.8 Å². The Bertz CT molecular complexity index is 993. The van der Waals surface area contributed by atoms with E-state index >= 15 is 0 Å². The van der Waals surface area contributed by atoms with Gasteiger partial charge < -0.3 is 14.1 Å². The van der Waals surface area contributed by atoms with E-state index in [2.05, 4.69) is 99.7 Å². The number of benzene rings is 2. The lowest BCUT2D eigenvalue weighted by Crippen LogP contribution is -2.67. The van der Waals surface area contributed by atoms with Gasteiger partial charge in [-0.1, -0.05) is 99.7 Å². The third-order valence-electron chi connectivity index (χ3n) is 7.02. The minimum absolute atomic E-state index is 0.0241. The Kier molecular flexibility index (Phi) is 9.97. The number of amides is 1. The molecule has 0 saturated heterocycles. The number of rotatable bonds is 7. The number of ether oxygens (including phenoxy) is 1. The number of carbonyl (C=O) groups excluding carboxylic acids is 1. The van der Waals surface area contributed by atoms with Gasteiger partial charge in [0.25, 0.3) is 8.32 Å². The molecule has 0 aromatic heterocycles. The van der Waals surface area contributed by atoms with Crippen molar-refractivity contribution in [2.75, 3.05) is 0 Å². The van der Waals surface area contributed by atoms with Crippen LogP contribution in [0.15, 0.2) is 85.0 Å². The first-order valence-corrected chi connectivity index (χ1v) is 15.6. The average Bonchev–Trinajstić information content (AvgIpc) is 2.94. The molecule has 0 unspecified atom stereocenters. The maximum absolute atomic E-state index is 12.9. The van der Waals surface area contributed by atoms with Crippen molar-refractivity contribution >= 4 is 24.8 Å². The molecule has 1 amide bonds. The summed E-state index contributed by atoms with van der Waals surface area (Å²) in [7, 11) is -2.64. The van der Waals surface area contributed by atoms with E-state index in [1.807, 2.05) is 33.8 Å². The van der Waals surface area contributed by atoms with Crippen LogP contribution < -0.4 is 10.4 Å². The molecule has 200 valence electrons. The van der Waals surface area contributed by atoms with Gasteiger partial charge in [0, 0.05) is 18.5 Å². The standard InChI is InChI=1S/C32H45NO3Si/c1-25(2)33(26(3)4)31(34)35-27-17-14-15-18-28(20-16-19-27)36-37(32(5,6)7,29-21-10-8-11-22-29)30-23-12-9-13-24-30/h8-16,19,21-28H,17-18,20H2,1-7H3/b15-14-,19-16-/t27-,28-/m0/s1. The second kappa shape index (κ2) is 12.7. The zero-order valence-corrected chi connectivity index (χ0v) is 24.7. The highest BCUT2D eigenvalue weighted by molar-refractivity contribution is 6.99. The molecule has 3 rings (SSSR count). The van der Waals surface area contributed by atoms with Crippen molar-refractivity contribution in [3.8, 4) is 0 Å². The Labute approximate surface area is 225 Å². The van der Waals surface area contributed by atoms with Crippen LogP contribution in [0.3, 0.4) is 0 Å². The second-order valence-corrected chi connectivity index (χ2v) is 15.8. The van der Waals surface area contributed by atoms with Gasteiger partial charge in [0.2, 0.25) is 0 Å². The molecule has 4 nitrogen and oxygen atoms in total. The molecule has 0 spiro atoms. The van der Waals surface area contributed by atoms with Gasteiger partial charge in [-0.05, 0) is 62.0 Å². The lowest BCUT2D eigenvalue weighted by atomic mass is 10.2. The van der Waals surface area contributed by atoms with E-state index in [1.165, 1.54) is 10.4 Å². The Balaban J connectivity index is 1.88. The molecule has 0 saturated carbocycles. The fourth-order valence-electron chi connectivity index (χ4n) is 5.37. The summed E-state index contributed by atoms with van der Waals surface area (Å²) in [5.74, 6) is 0. The number of carbonyl (C=O) groups is 1. The fourth-order valence-corrected chi connectivity index (χ4v) is 10.1. The maximum Gasteiger partial charge on any atom is 0.410 e.